The van der Waals surface area contributed by atoms with Gasteiger partial charge >= 0.3 is 0 Å². The van der Waals surface area contributed by atoms with Crippen molar-refractivity contribution in [3.63, 3.8) is 0 Å². The molecule has 0 atom stereocenters. The van der Waals surface area contributed by atoms with E-state index < -0.39 is 0 Å². The number of aryl methyl sites for hydroxylation is 1. The fourth-order valence-corrected chi connectivity index (χ4v) is 2.30. The Labute approximate surface area is 122 Å². The predicted octanol–water partition coefficient (Wildman–Crippen LogP) is 1.59. The summed E-state index contributed by atoms with van der Waals surface area (Å²) in [4.78, 5) is 25.9. The highest BCUT2D eigenvalue weighted by molar-refractivity contribution is 5.92. The lowest BCUT2D eigenvalue weighted by atomic mass is 10.2. The Hall–Kier alpha value is -2.43. The van der Waals surface area contributed by atoms with E-state index in [2.05, 4.69) is 5.10 Å². The molecule has 5 heteroatoms. The van der Waals surface area contributed by atoms with Crippen LogP contribution in [0.3, 0.4) is 0 Å². The first kappa shape index (κ1) is 13.5. The summed E-state index contributed by atoms with van der Waals surface area (Å²) in [5, 5.41) is 4.06. The van der Waals surface area contributed by atoms with Gasteiger partial charge in [0.1, 0.15) is 5.69 Å². The number of rotatable bonds is 4. The molecule has 0 N–H and O–H groups in total. The topological polar surface area (TPSA) is 55.2 Å². The molecule has 1 aliphatic carbocycles. The van der Waals surface area contributed by atoms with E-state index in [9.17, 15) is 9.59 Å². The first-order chi connectivity index (χ1) is 10.1. The molecular formula is C16H17N3O2. The van der Waals surface area contributed by atoms with E-state index in [0.29, 0.717) is 12.2 Å². The van der Waals surface area contributed by atoms with Crippen molar-refractivity contribution in [2.75, 3.05) is 0 Å². The third-order valence-corrected chi connectivity index (χ3v) is 3.62. The summed E-state index contributed by atoms with van der Waals surface area (Å²) in [7, 11) is 1.55. The zero-order valence-corrected chi connectivity index (χ0v) is 11.9. The number of carbonyl (C=O) groups excluding carboxylic acids is 1. The number of nitrogens with zero attached hydrogens (tertiary/aromatic N) is 3. The maximum absolute atomic E-state index is 12.6. The van der Waals surface area contributed by atoms with E-state index in [1.54, 1.807) is 7.05 Å². The molecule has 0 unspecified atom stereocenters. The maximum Gasteiger partial charge on any atom is 0.274 e. The highest BCUT2D eigenvalue weighted by Crippen LogP contribution is 2.29. The molecule has 0 saturated heterocycles. The molecule has 108 valence electrons. The van der Waals surface area contributed by atoms with Crippen LogP contribution in [0.5, 0.6) is 0 Å². The van der Waals surface area contributed by atoms with Gasteiger partial charge in [-0.05, 0) is 24.5 Å². The molecule has 1 amide bonds. The SMILES string of the molecule is Cn1nc(C(=O)N(Cc2ccccc2)C2CC2)ccc1=O. The van der Waals surface area contributed by atoms with Gasteiger partial charge in [0.25, 0.3) is 11.5 Å². The van der Waals surface area contributed by atoms with Crippen molar-refractivity contribution in [3.05, 3.63) is 64.1 Å². The fourth-order valence-electron chi connectivity index (χ4n) is 2.30. The second-order valence-electron chi connectivity index (χ2n) is 5.33. The van der Waals surface area contributed by atoms with Gasteiger partial charge < -0.3 is 4.90 Å². The average molecular weight is 283 g/mol. The number of carbonyl (C=O) groups is 1. The summed E-state index contributed by atoms with van der Waals surface area (Å²) in [5.41, 5.74) is 1.20. The van der Waals surface area contributed by atoms with Gasteiger partial charge in [-0.2, -0.15) is 5.10 Å². The Morgan fingerprint density at radius 1 is 1.24 bits per heavy atom. The van der Waals surface area contributed by atoms with Crippen LogP contribution in [0.2, 0.25) is 0 Å². The Morgan fingerprint density at radius 3 is 2.57 bits per heavy atom. The average Bonchev–Trinajstić information content (AvgIpc) is 3.33. The van der Waals surface area contributed by atoms with Gasteiger partial charge in [-0.25, -0.2) is 4.68 Å². The molecule has 0 aliphatic heterocycles. The van der Waals surface area contributed by atoms with Crippen molar-refractivity contribution in [2.45, 2.75) is 25.4 Å². The zero-order valence-electron chi connectivity index (χ0n) is 11.9. The minimum atomic E-state index is -0.215. The molecule has 1 aromatic carbocycles. The molecule has 0 radical (unpaired) electrons. The Balaban J connectivity index is 1.85. The summed E-state index contributed by atoms with van der Waals surface area (Å²) in [6.45, 7) is 0.578. The van der Waals surface area contributed by atoms with Gasteiger partial charge in [-0.1, -0.05) is 30.3 Å². The molecule has 0 bridgehead atoms. The van der Waals surface area contributed by atoms with Crippen LogP contribution in [0, 0.1) is 0 Å². The van der Waals surface area contributed by atoms with Crippen molar-refractivity contribution >= 4 is 5.91 Å². The number of benzene rings is 1. The molecule has 1 heterocycles. The Morgan fingerprint density at radius 2 is 1.95 bits per heavy atom. The molecule has 2 aromatic rings. The van der Waals surface area contributed by atoms with Gasteiger partial charge in [0.05, 0.1) is 0 Å². The van der Waals surface area contributed by atoms with Crippen molar-refractivity contribution < 1.29 is 4.79 Å². The summed E-state index contributed by atoms with van der Waals surface area (Å²) in [6, 6.07) is 13.1. The molecule has 1 fully saturated rings. The third-order valence-electron chi connectivity index (χ3n) is 3.62. The van der Waals surface area contributed by atoms with Gasteiger partial charge in [0, 0.05) is 25.7 Å². The maximum atomic E-state index is 12.6. The zero-order chi connectivity index (χ0) is 14.8. The number of amides is 1. The second-order valence-corrected chi connectivity index (χ2v) is 5.33. The number of hydrogen-bond donors (Lipinski definition) is 0. The monoisotopic (exact) mass is 283 g/mol. The highest BCUT2D eigenvalue weighted by Gasteiger charge is 2.33. The quantitative estimate of drug-likeness (QED) is 0.856. The largest absolute Gasteiger partial charge is 0.330 e. The predicted molar refractivity (Wildman–Crippen MR) is 78.8 cm³/mol. The lowest BCUT2D eigenvalue weighted by Gasteiger charge is -2.22. The molecular weight excluding hydrogens is 266 g/mol. The molecule has 21 heavy (non-hydrogen) atoms. The summed E-state index contributed by atoms with van der Waals surface area (Å²) in [5.74, 6) is -0.114. The van der Waals surface area contributed by atoms with Crippen LogP contribution in [0.15, 0.2) is 47.3 Å². The van der Waals surface area contributed by atoms with E-state index >= 15 is 0 Å². The molecule has 0 spiro atoms. The van der Waals surface area contributed by atoms with E-state index in [4.69, 9.17) is 0 Å². The first-order valence-electron chi connectivity index (χ1n) is 7.04. The van der Waals surface area contributed by atoms with Crippen LogP contribution >= 0.6 is 0 Å². The highest BCUT2D eigenvalue weighted by atomic mass is 16.2. The van der Waals surface area contributed by atoms with Gasteiger partial charge in [-0.15, -0.1) is 0 Å². The van der Waals surface area contributed by atoms with Crippen LogP contribution in [-0.4, -0.2) is 26.6 Å². The third kappa shape index (κ3) is 3.02. The normalized spacial score (nSPS) is 14.0. The molecule has 1 aromatic heterocycles. The van der Waals surface area contributed by atoms with E-state index in [-0.39, 0.29) is 17.5 Å². The Kier molecular flexibility index (Phi) is 3.56. The number of hydrogen-bond acceptors (Lipinski definition) is 3. The fraction of sp³-hybridized carbons (Fsp3) is 0.312. The van der Waals surface area contributed by atoms with E-state index in [1.165, 1.54) is 16.8 Å². The van der Waals surface area contributed by atoms with Crippen LogP contribution in [0.25, 0.3) is 0 Å². The van der Waals surface area contributed by atoms with Crippen molar-refractivity contribution in [3.8, 4) is 0 Å². The van der Waals surface area contributed by atoms with E-state index in [0.717, 1.165) is 18.4 Å². The lowest BCUT2D eigenvalue weighted by molar-refractivity contribution is 0.0721. The van der Waals surface area contributed by atoms with Gasteiger partial charge in [0.15, 0.2) is 0 Å². The molecule has 1 saturated carbocycles. The Bertz CT molecular complexity index is 705. The van der Waals surface area contributed by atoms with Crippen molar-refractivity contribution in [2.24, 2.45) is 7.05 Å². The van der Waals surface area contributed by atoms with Crippen molar-refractivity contribution in [1.29, 1.82) is 0 Å². The molecule has 3 rings (SSSR count). The summed E-state index contributed by atoms with van der Waals surface area (Å²) in [6.07, 6.45) is 2.06. The molecule has 5 nitrogen and oxygen atoms in total. The summed E-state index contributed by atoms with van der Waals surface area (Å²) >= 11 is 0. The van der Waals surface area contributed by atoms with E-state index in [1.807, 2.05) is 35.2 Å². The smallest absolute Gasteiger partial charge is 0.274 e. The lowest BCUT2D eigenvalue weighted by Crippen LogP contribution is -2.34. The van der Waals surface area contributed by atoms with Crippen molar-refractivity contribution in [1.82, 2.24) is 14.7 Å². The van der Waals surface area contributed by atoms with Crippen LogP contribution in [0.1, 0.15) is 28.9 Å². The van der Waals surface area contributed by atoms with Crippen LogP contribution < -0.4 is 5.56 Å². The standard InChI is InChI=1S/C16H17N3O2/c1-18-15(20)10-9-14(17-18)16(21)19(13-7-8-13)11-12-5-3-2-4-6-12/h2-6,9-10,13H,7-8,11H2,1H3. The first-order valence-corrected chi connectivity index (χ1v) is 7.04. The minimum absolute atomic E-state index is 0.114. The van der Waals surface area contributed by atoms with Crippen LogP contribution in [-0.2, 0) is 13.6 Å². The number of aromatic nitrogens is 2. The van der Waals surface area contributed by atoms with Gasteiger partial charge in [0.2, 0.25) is 0 Å². The van der Waals surface area contributed by atoms with Gasteiger partial charge in [-0.3, -0.25) is 9.59 Å². The second kappa shape index (κ2) is 5.52. The summed E-state index contributed by atoms with van der Waals surface area (Å²) < 4.78 is 1.20. The van der Waals surface area contributed by atoms with Crippen LogP contribution in [0.4, 0.5) is 0 Å². The molecule has 1 aliphatic rings. The minimum Gasteiger partial charge on any atom is -0.330 e.